The molecule has 0 aliphatic heterocycles. The Morgan fingerprint density at radius 2 is 2.10 bits per heavy atom. The monoisotopic (exact) mass is 316 g/mol. The van der Waals surface area contributed by atoms with E-state index in [1.807, 2.05) is 41.9 Å². The Bertz CT molecular complexity index is 757. The lowest BCUT2D eigenvalue weighted by molar-refractivity contribution is 0.306. The van der Waals surface area contributed by atoms with Crippen molar-refractivity contribution in [3.8, 4) is 17.0 Å². The molecule has 0 unspecified atom stereocenters. The molecule has 21 heavy (non-hydrogen) atoms. The van der Waals surface area contributed by atoms with Crippen LogP contribution in [0.25, 0.3) is 11.3 Å². The third kappa shape index (κ3) is 3.23. The Kier molecular flexibility index (Phi) is 4.18. The maximum absolute atomic E-state index is 6.06. The number of ether oxygens (including phenoxy) is 1. The molecule has 0 spiro atoms. The normalized spacial score (nSPS) is 10.6. The highest BCUT2D eigenvalue weighted by Crippen LogP contribution is 2.27. The SMILES string of the molecule is Cc1ccncc1-c1csc(COc2ccccc2Cl)n1. The molecule has 106 valence electrons. The van der Waals surface area contributed by atoms with Gasteiger partial charge in [-0.15, -0.1) is 11.3 Å². The number of hydrogen-bond donors (Lipinski definition) is 0. The molecule has 0 aliphatic rings. The highest BCUT2D eigenvalue weighted by molar-refractivity contribution is 7.09. The standard InChI is InChI=1S/C16H13ClN2OS/c1-11-6-7-18-8-12(11)14-10-21-16(19-14)9-20-15-5-3-2-4-13(15)17/h2-8,10H,9H2,1H3. The van der Waals surface area contributed by atoms with Crippen LogP contribution in [0.4, 0.5) is 0 Å². The summed E-state index contributed by atoms with van der Waals surface area (Å²) in [6, 6.07) is 9.41. The fourth-order valence-corrected chi connectivity index (χ4v) is 2.83. The first-order chi connectivity index (χ1) is 10.2. The van der Waals surface area contributed by atoms with E-state index in [4.69, 9.17) is 16.3 Å². The summed E-state index contributed by atoms with van der Waals surface area (Å²) in [6.45, 7) is 2.46. The van der Waals surface area contributed by atoms with Gasteiger partial charge in [0, 0.05) is 23.3 Å². The van der Waals surface area contributed by atoms with Gasteiger partial charge in [0.1, 0.15) is 17.4 Å². The first kappa shape index (κ1) is 14.0. The molecule has 5 heteroatoms. The van der Waals surface area contributed by atoms with Gasteiger partial charge in [0.2, 0.25) is 0 Å². The predicted molar refractivity (Wildman–Crippen MR) is 85.9 cm³/mol. The zero-order valence-electron chi connectivity index (χ0n) is 11.4. The van der Waals surface area contributed by atoms with E-state index in [1.165, 1.54) is 0 Å². The minimum Gasteiger partial charge on any atom is -0.485 e. The van der Waals surface area contributed by atoms with Crippen LogP contribution in [0.5, 0.6) is 5.75 Å². The molecule has 0 radical (unpaired) electrons. The highest BCUT2D eigenvalue weighted by atomic mass is 35.5. The highest BCUT2D eigenvalue weighted by Gasteiger charge is 2.08. The van der Waals surface area contributed by atoms with Crippen molar-refractivity contribution < 1.29 is 4.74 Å². The minimum absolute atomic E-state index is 0.410. The molecule has 0 aliphatic carbocycles. The molecule has 0 fully saturated rings. The van der Waals surface area contributed by atoms with Crippen LogP contribution >= 0.6 is 22.9 Å². The lowest BCUT2D eigenvalue weighted by atomic mass is 10.1. The second-order valence-corrected chi connectivity index (χ2v) is 5.89. The van der Waals surface area contributed by atoms with E-state index in [0.717, 1.165) is 21.8 Å². The third-order valence-electron chi connectivity index (χ3n) is 3.05. The van der Waals surface area contributed by atoms with E-state index >= 15 is 0 Å². The molecule has 0 saturated heterocycles. The van der Waals surface area contributed by atoms with Gasteiger partial charge in [-0.2, -0.15) is 0 Å². The number of aryl methyl sites for hydroxylation is 1. The number of rotatable bonds is 4. The van der Waals surface area contributed by atoms with Gasteiger partial charge in [0.05, 0.1) is 10.7 Å². The summed E-state index contributed by atoms with van der Waals surface area (Å²) in [6.07, 6.45) is 3.62. The largest absolute Gasteiger partial charge is 0.485 e. The Balaban J connectivity index is 1.74. The summed E-state index contributed by atoms with van der Waals surface area (Å²) in [4.78, 5) is 8.75. The number of aromatic nitrogens is 2. The number of thiazole rings is 1. The number of benzene rings is 1. The summed E-state index contributed by atoms with van der Waals surface area (Å²) in [5, 5.41) is 3.54. The van der Waals surface area contributed by atoms with Crippen LogP contribution in [0.15, 0.2) is 48.1 Å². The molecule has 0 saturated carbocycles. The van der Waals surface area contributed by atoms with Crippen LogP contribution in [-0.4, -0.2) is 9.97 Å². The molecule has 3 nitrogen and oxygen atoms in total. The predicted octanol–water partition coefficient (Wildman–Crippen LogP) is 4.75. The van der Waals surface area contributed by atoms with Crippen molar-refractivity contribution in [1.82, 2.24) is 9.97 Å². The quantitative estimate of drug-likeness (QED) is 0.697. The number of hydrogen-bond acceptors (Lipinski definition) is 4. The fraction of sp³-hybridized carbons (Fsp3) is 0.125. The van der Waals surface area contributed by atoms with Gasteiger partial charge in [-0.1, -0.05) is 23.7 Å². The van der Waals surface area contributed by atoms with Crippen molar-refractivity contribution in [3.63, 3.8) is 0 Å². The number of pyridine rings is 1. The van der Waals surface area contributed by atoms with E-state index in [-0.39, 0.29) is 0 Å². The first-order valence-corrected chi connectivity index (χ1v) is 7.72. The third-order valence-corrected chi connectivity index (χ3v) is 4.19. The molecule has 2 aromatic heterocycles. The van der Waals surface area contributed by atoms with Gasteiger partial charge in [-0.3, -0.25) is 4.98 Å². The average Bonchev–Trinajstić information content (AvgIpc) is 2.96. The zero-order valence-corrected chi connectivity index (χ0v) is 13.0. The number of halogens is 1. The van der Waals surface area contributed by atoms with Crippen LogP contribution in [0.2, 0.25) is 5.02 Å². The Labute approximate surface area is 132 Å². The summed E-state index contributed by atoms with van der Waals surface area (Å²) < 4.78 is 5.70. The van der Waals surface area contributed by atoms with Crippen LogP contribution in [0.1, 0.15) is 10.6 Å². The van der Waals surface area contributed by atoms with Gasteiger partial charge in [-0.25, -0.2) is 4.98 Å². The van der Waals surface area contributed by atoms with Gasteiger partial charge in [0.15, 0.2) is 0 Å². The van der Waals surface area contributed by atoms with Crippen LogP contribution < -0.4 is 4.74 Å². The Morgan fingerprint density at radius 3 is 2.90 bits per heavy atom. The molecular formula is C16H13ClN2OS. The van der Waals surface area contributed by atoms with E-state index in [2.05, 4.69) is 16.9 Å². The summed E-state index contributed by atoms with van der Waals surface area (Å²) in [7, 11) is 0. The first-order valence-electron chi connectivity index (χ1n) is 6.47. The van der Waals surface area contributed by atoms with Gasteiger partial charge >= 0.3 is 0 Å². The second-order valence-electron chi connectivity index (χ2n) is 4.54. The smallest absolute Gasteiger partial charge is 0.140 e. The van der Waals surface area contributed by atoms with E-state index < -0.39 is 0 Å². The second kappa shape index (κ2) is 6.24. The molecule has 3 aromatic rings. The van der Waals surface area contributed by atoms with Crippen LogP contribution in [-0.2, 0) is 6.61 Å². The van der Waals surface area contributed by atoms with Crippen molar-refractivity contribution >= 4 is 22.9 Å². The Morgan fingerprint density at radius 1 is 1.24 bits per heavy atom. The maximum Gasteiger partial charge on any atom is 0.140 e. The molecule has 0 amide bonds. The molecule has 0 N–H and O–H groups in total. The van der Waals surface area contributed by atoms with Crippen molar-refractivity contribution in [2.45, 2.75) is 13.5 Å². The maximum atomic E-state index is 6.06. The summed E-state index contributed by atoms with van der Waals surface area (Å²) in [5.41, 5.74) is 3.15. The van der Waals surface area contributed by atoms with Gasteiger partial charge < -0.3 is 4.74 Å². The van der Waals surface area contributed by atoms with Crippen molar-refractivity contribution in [2.24, 2.45) is 0 Å². The number of nitrogens with zero attached hydrogens (tertiary/aromatic N) is 2. The van der Waals surface area contributed by atoms with Crippen LogP contribution in [0, 0.1) is 6.92 Å². The lowest BCUT2D eigenvalue weighted by Gasteiger charge is -2.05. The van der Waals surface area contributed by atoms with E-state index in [9.17, 15) is 0 Å². The fourth-order valence-electron chi connectivity index (χ4n) is 1.93. The molecule has 1 aromatic carbocycles. The van der Waals surface area contributed by atoms with Crippen molar-refractivity contribution in [3.05, 3.63) is 63.7 Å². The van der Waals surface area contributed by atoms with Crippen molar-refractivity contribution in [2.75, 3.05) is 0 Å². The molecule has 0 atom stereocenters. The minimum atomic E-state index is 0.410. The zero-order chi connectivity index (χ0) is 14.7. The molecule has 3 rings (SSSR count). The van der Waals surface area contributed by atoms with E-state index in [1.54, 1.807) is 17.5 Å². The van der Waals surface area contributed by atoms with Crippen LogP contribution in [0.3, 0.4) is 0 Å². The molecule has 2 heterocycles. The van der Waals surface area contributed by atoms with E-state index in [0.29, 0.717) is 17.4 Å². The molecular weight excluding hydrogens is 304 g/mol. The summed E-state index contributed by atoms with van der Waals surface area (Å²) in [5.74, 6) is 0.675. The topological polar surface area (TPSA) is 35.0 Å². The summed E-state index contributed by atoms with van der Waals surface area (Å²) >= 11 is 7.63. The van der Waals surface area contributed by atoms with Crippen molar-refractivity contribution in [1.29, 1.82) is 0 Å². The van der Waals surface area contributed by atoms with Gasteiger partial charge in [0.25, 0.3) is 0 Å². The Hall–Kier alpha value is -1.91. The number of para-hydroxylation sites is 1. The molecule has 0 bridgehead atoms. The van der Waals surface area contributed by atoms with Gasteiger partial charge in [-0.05, 0) is 30.7 Å². The average molecular weight is 317 g/mol. The lowest BCUT2D eigenvalue weighted by Crippen LogP contribution is -1.95.